The Morgan fingerprint density at radius 2 is 2.05 bits per heavy atom. The highest BCUT2D eigenvalue weighted by Gasteiger charge is 2.28. The Labute approximate surface area is 117 Å². The molecular formula is C14H19NO5. The van der Waals surface area contributed by atoms with Crippen molar-refractivity contribution in [1.29, 1.82) is 0 Å². The highest BCUT2D eigenvalue weighted by Crippen LogP contribution is 2.24. The van der Waals surface area contributed by atoms with Gasteiger partial charge in [0, 0.05) is 18.5 Å². The van der Waals surface area contributed by atoms with E-state index in [0.717, 1.165) is 11.3 Å². The van der Waals surface area contributed by atoms with Crippen molar-refractivity contribution in [3.8, 4) is 0 Å². The van der Waals surface area contributed by atoms with Gasteiger partial charge < -0.3 is 18.8 Å². The van der Waals surface area contributed by atoms with Crippen LogP contribution in [0.3, 0.4) is 0 Å². The van der Waals surface area contributed by atoms with Crippen LogP contribution in [0.5, 0.6) is 0 Å². The molecule has 1 aromatic rings. The summed E-state index contributed by atoms with van der Waals surface area (Å²) in [6.45, 7) is 6.37. The van der Waals surface area contributed by atoms with Gasteiger partial charge in [-0.1, -0.05) is 0 Å². The van der Waals surface area contributed by atoms with Gasteiger partial charge in [0.05, 0.1) is 13.7 Å². The summed E-state index contributed by atoms with van der Waals surface area (Å²) in [6.07, 6.45) is 0.204. The molecule has 2 heterocycles. The van der Waals surface area contributed by atoms with Crippen LogP contribution in [0.4, 0.5) is 4.79 Å². The van der Waals surface area contributed by atoms with E-state index in [0.29, 0.717) is 19.5 Å². The van der Waals surface area contributed by atoms with Crippen molar-refractivity contribution in [3.05, 3.63) is 23.2 Å². The number of fused-ring (bicyclic) bond motifs is 1. The van der Waals surface area contributed by atoms with Crippen LogP contribution < -0.4 is 0 Å². The van der Waals surface area contributed by atoms with E-state index in [9.17, 15) is 9.59 Å². The molecule has 110 valence electrons. The second kappa shape index (κ2) is 5.19. The molecule has 1 amide bonds. The van der Waals surface area contributed by atoms with Gasteiger partial charge in [0.25, 0.3) is 0 Å². The highest BCUT2D eigenvalue weighted by molar-refractivity contribution is 5.86. The average molecular weight is 281 g/mol. The highest BCUT2D eigenvalue weighted by atomic mass is 16.6. The standard InChI is InChI=1S/C14H19NO5/c1-14(2,3)20-13(17)15-6-5-10-9(8-15)7-11(19-10)12(16)18-4/h7H,5-6,8H2,1-4H3. The summed E-state index contributed by atoms with van der Waals surface area (Å²) in [5.74, 6) is 0.386. The lowest BCUT2D eigenvalue weighted by Crippen LogP contribution is -2.39. The van der Waals surface area contributed by atoms with Gasteiger partial charge in [-0.05, 0) is 26.8 Å². The lowest BCUT2D eigenvalue weighted by Gasteiger charge is -2.29. The smallest absolute Gasteiger partial charge is 0.410 e. The van der Waals surface area contributed by atoms with E-state index >= 15 is 0 Å². The maximum absolute atomic E-state index is 12.0. The van der Waals surface area contributed by atoms with Gasteiger partial charge in [-0.2, -0.15) is 0 Å². The third kappa shape index (κ3) is 3.12. The Bertz CT molecular complexity index is 526. The predicted molar refractivity (Wildman–Crippen MR) is 70.4 cm³/mol. The number of carbonyl (C=O) groups is 2. The molecule has 0 fully saturated rings. The molecular weight excluding hydrogens is 262 g/mol. The molecule has 1 aromatic heterocycles. The molecule has 0 N–H and O–H groups in total. The first-order valence-electron chi connectivity index (χ1n) is 6.48. The van der Waals surface area contributed by atoms with E-state index in [-0.39, 0.29) is 11.9 Å². The Morgan fingerprint density at radius 1 is 1.35 bits per heavy atom. The number of hydrogen-bond acceptors (Lipinski definition) is 5. The van der Waals surface area contributed by atoms with Crippen LogP contribution in [0.1, 0.15) is 42.6 Å². The third-order valence-corrected chi connectivity index (χ3v) is 2.90. The molecule has 0 bridgehead atoms. The number of furan rings is 1. The molecule has 0 spiro atoms. The zero-order chi connectivity index (χ0) is 14.9. The molecule has 2 rings (SSSR count). The fraction of sp³-hybridized carbons (Fsp3) is 0.571. The lowest BCUT2D eigenvalue weighted by molar-refractivity contribution is 0.0218. The van der Waals surface area contributed by atoms with E-state index in [2.05, 4.69) is 4.74 Å². The summed E-state index contributed by atoms with van der Waals surface area (Å²) in [5, 5.41) is 0. The average Bonchev–Trinajstić information content (AvgIpc) is 2.78. The first-order valence-corrected chi connectivity index (χ1v) is 6.48. The zero-order valence-corrected chi connectivity index (χ0v) is 12.2. The third-order valence-electron chi connectivity index (χ3n) is 2.90. The number of methoxy groups -OCH3 is 1. The van der Waals surface area contributed by atoms with Crippen molar-refractivity contribution in [1.82, 2.24) is 4.90 Å². The quantitative estimate of drug-likeness (QED) is 0.739. The van der Waals surface area contributed by atoms with Crippen molar-refractivity contribution < 1.29 is 23.5 Å². The van der Waals surface area contributed by atoms with Gasteiger partial charge in [0.2, 0.25) is 5.76 Å². The number of amides is 1. The molecule has 0 aromatic carbocycles. The van der Waals surface area contributed by atoms with Crippen LogP contribution in [-0.2, 0) is 22.4 Å². The minimum absolute atomic E-state index is 0.170. The van der Waals surface area contributed by atoms with E-state index in [1.807, 2.05) is 20.8 Å². The summed E-state index contributed by atoms with van der Waals surface area (Å²) in [4.78, 5) is 25.0. The minimum Gasteiger partial charge on any atom is -0.463 e. The molecule has 0 saturated carbocycles. The van der Waals surface area contributed by atoms with Crippen molar-refractivity contribution >= 4 is 12.1 Å². The largest absolute Gasteiger partial charge is 0.463 e. The maximum atomic E-state index is 12.0. The van der Waals surface area contributed by atoms with Crippen molar-refractivity contribution in [2.75, 3.05) is 13.7 Å². The van der Waals surface area contributed by atoms with Gasteiger partial charge >= 0.3 is 12.1 Å². The van der Waals surface area contributed by atoms with E-state index in [1.165, 1.54) is 7.11 Å². The molecule has 0 atom stereocenters. The molecule has 20 heavy (non-hydrogen) atoms. The van der Waals surface area contributed by atoms with Gasteiger partial charge in [0.1, 0.15) is 11.4 Å². The summed E-state index contributed by atoms with van der Waals surface area (Å²) < 4.78 is 15.4. The minimum atomic E-state index is -0.523. The van der Waals surface area contributed by atoms with Crippen LogP contribution in [0.15, 0.2) is 10.5 Å². The SMILES string of the molecule is COC(=O)c1cc2c(o1)CCN(C(=O)OC(C)(C)C)C2. The summed E-state index contributed by atoms with van der Waals surface area (Å²) in [6, 6.07) is 1.62. The topological polar surface area (TPSA) is 69.0 Å². The van der Waals surface area contributed by atoms with Gasteiger partial charge in [0.15, 0.2) is 0 Å². The number of carbonyl (C=O) groups excluding carboxylic acids is 2. The van der Waals surface area contributed by atoms with Crippen LogP contribution in [0.2, 0.25) is 0 Å². The fourth-order valence-corrected chi connectivity index (χ4v) is 2.02. The van der Waals surface area contributed by atoms with Crippen molar-refractivity contribution in [2.24, 2.45) is 0 Å². The Hall–Kier alpha value is -1.98. The number of nitrogens with zero attached hydrogens (tertiary/aromatic N) is 1. The molecule has 0 aliphatic carbocycles. The van der Waals surface area contributed by atoms with Crippen LogP contribution in [0, 0.1) is 0 Å². The molecule has 1 aliphatic heterocycles. The first-order chi connectivity index (χ1) is 9.30. The van der Waals surface area contributed by atoms with Crippen LogP contribution in [-0.4, -0.2) is 36.2 Å². The van der Waals surface area contributed by atoms with E-state index in [1.54, 1.807) is 11.0 Å². The second-order valence-electron chi connectivity index (χ2n) is 5.70. The monoisotopic (exact) mass is 281 g/mol. The predicted octanol–water partition coefficient (Wildman–Crippen LogP) is 2.36. The normalized spacial score (nSPS) is 14.7. The van der Waals surface area contributed by atoms with Crippen molar-refractivity contribution in [2.45, 2.75) is 39.3 Å². The van der Waals surface area contributed by atoms with Gasteiger partial charge in [-0.15, -0.1) is 0 Å². The molecule has 0 radical (unpaired) electrons. The number of hydrogen-bond donors (Lipinski definition) is 0. The van der Waals surface area contributed by atoms with Crippen LogP contribution >= 0.6 is 0 Å². The number of rotatable bonds is 1. The van der Waals surface area contributed by atoms with Crippen molar-refractivity contribution in [3.63, 3.8) is 0 Å². The van der Waals surface area contributed by atoms with E-state index < -0.39 is 11.6 Å². The number of ether oxygens (including phenoxy) is 2. The van der Waals surface area contributed by atoms with Gasteiger partial charge in [-0.3, -0.25) is 0 Å². The van der Waals surface area contributed by atoms with E-state index in [4.69, 9.17) is 9.15 Å². The zero-order valence-electron chi connectivity index (χ0n) is 12.2. The van der Waals surface area contributed by atoms with Crippen LogP contribution in [0.25, 0.3) is 0 Å². The molecule has 6 heteroatoms. The lowest BCUT2D eigenvalue weighted by atomic mass is 10.1. The van der Waals surface area contributed by atoms with Gasteiger partial charge in [-0.25, -0.2) is 9.59 Å². The first kappa shape index (κ1) is 14.4. The molecule has 1 aliphatic rings. The fourth-order valence-electron chi connectivity index (χ4n) is 2.02. The molecule has 0 saturated heterocycles. The Balaban J connectivity index is 2.09. The maximum Gasteiger partial charge on any atom is 0.410 e. The molecule has 6 nitrogen and oxygen atoms in total. The number of esters is 1. The Kier molecular flexibility index (Phi) is 3.74. The summed E-state index contributed by atoms with van der Waals surface area (Å²) >= 11 is 0. The molecule has 0 unspecified atom stereocenters. The Morgan fingerprint density at radius 3 is 2.65 bits per heavy atom. The summed E-state index contributed by atoms with van der Waals surface area (Å²) in [5.41, 5.74) is 0.299. The second-order valence-corrected chi connectivity index (χ2v) is 5.70. The summed E-state index contributed by atoms with van der Waals surface area (Å²) in [7, 11) is 1.30.